The van der Waals surface area contributed by atoms with Gasteiger partial charge in [-0.1, -0.05) is 13.8 Å². The fourth-order valence-corrected chi connectivity index (χ4v) is 2.55. The van der Waals surface area contributed by atoms with Gasteiger partial charge in [-0.2, -0.15) is 0 Å². The molecule has 0 bridgehead atoms. The van der Waals surface area contributed by atoms with E-state index in [9.17, 15) is 4.79 Å². The second-order valence-electron chi connectivity index (χ2n) is 4.99. The van der Waals surface area contributed by atoms with E-state index in [2.05, 4.69) is 29.5 Å². The van der Waals surface area contributed by atoms with E-state index in [-0.39, 0.29) is 11.8 Å². The first kappa shape index (κ1) is 13.5. The Hall–Kier alpha value is -0.610. The zero-order valence-corrected chi connectivity index (χ0v) is 10.9. The normalized spacial score (nSPS) is 27.8. The maximum Gasteiger partial charge on any atom is 0.223 e. The lowest BCUT2D eigenvalue weighted by Gasteiger charge is -2.37. The molecule has 1 aliphatic heterocycles. The third-order valence-electron chi connectivity index (χ3n) is 3.56. The molecule has 4 nitrogen and oxygen atoms in total. The first-order valence-electron chi connectivity index (χ1n) is 6.18. The molecule has 0 saturated carbocycles. The van der Waals surface area contributed by atoms with Crippen molar-refractivity contribution in [3.05, 3.63) is 0 Å². The number of carbonyl (C=O) groups excluding carboxylic acids is 1. The van der Waals surface area contributed by atoms with Crippen molar-refractivity contribution in [1.82, 2.24) is 15.5 Å². The predicted octanol–water partition coefficient (Wildman–Crippen LogP) is 0.298. The highest BCUT2D eigenvalue weighted by Gasteiger charge is 2.26. The van der Waals surface area contributed by atoms with Crippen LogP contribution in [0.5, 0.6) is 0 Å². The molecule has 1 heterocycles. The van der Waals surface area contributed by atoms with Gasteiger partial charge in [-0.25, -0.2) is 0 Å². The van der Waals surface area contributed by atoms with Gasteiger partial charge >= 0.3 is 0 Å². The van der Waals surface area contributed by atoms with Crippen molar-refractivity contribution in [1.29, 1.82) is 0 Å². The van der Waals surface area contributed by atoms with Gasteiger partial charge in [-0.05, 0) is 32.5 Å². The average molecular weight is 227 g/mol. The van der Waals surface area contributed by atoms with Crippen LogP contribution in [0.25, 0.3) is 0 Å². The Kier molecular flexibility index (Phi) is 5.22. The van der Waals surface area contributed by atoms with Crippen molar-refractivity contribution in [2.75, 3.05) is 33.7 Å². The number of nitrogens with one attached hydrogen (secondary N) is 2. The summed E-state index contributed by atoms with van der Waals surface area (Å²) in [5.41, 5.74) is 0. The minimum absolute atomic E-state index is 0.0667. The van der Waals surface area contributed by atoms with Gasteiger partial charge in [0.15, 0.2) is 0 Å². The van der Waals surface area contributed by atoms with E-state index >= 15 is 0 Å². The van der Waals surface area contributed by atoms with Crippen LogP contribution in [0, 0.1) is 11.8 Å². The number of nitrogens with zero attached hydrogens (tertiary/aromatic N) is 1. The average Bonchev–Trinajstić information content (AvgIpc) is 2.28. The number of carbonyl (C=O) groups is 1. The van der Waals surface area contributed by atoms with E-state index in [0.717, 1.165) is 19.6 Å². The summed E-state index contributed by atoms with van der Waals surface area (Å²) in [5, 5.41) is 6.11. The molecule has 3 atom stereocenters. The molecular weight excluding hydrogens is 202 g/mol. The highest BCUT2D eigenvalue weighted by Crippen LogP contribution is 2.17. The zero-order chi connectivity index (χ0) is 12.1. The van der Waals surface area contributed by atoms with Gasteiger partial charge in [0.05, 0.1) is 0 Å². The smallest absolute Gasteiger partial charge is 0.223 e. The van der Waals surface area contributed by atoms with Gasteiger partial charge in [0.1, 0.15) is 0 Å². The molecule has 0 aromatic heterocycles. The van der Waals surface area contributed by atoms with Crippen LogP contribution >= 0.6 is 0 Å². The van der Waals surface area contributed by atoms with Gasteiger partial charge < -0.3 is 15.5 Å². The molecule has 1 aliphatic rings. The molecule has 4 heteroatoms. The first-order valence-corrected chi connectivity index (χ1v) is 6.18. The van der Waals surface area contributed by atoms with Crippen LogP contribution in [0.15, 0.2) is 0 Å². The van der Waals surface area contributed by atoms with Crippen LogP contribution in [0.3, 0.4) is 0 Å². The molecule has 1 saturated heterocycles. The van der Waals surface area contributed by atoms with Crippen molar-refractivity contribution in [2.24, 2.45) is 11.8 Å². The number of piperidine rings is 1. The zero-order valence-electron chi connectivity index (χ0n) is 10.9. The summed E-state index contributed by atoms with van der Waals surface area (Å²) in [6.45, 7) is 7.28. The summed E-state index contributed by atoms with van der Waals surface area (Å²) in [5.74, 6) is 0.862. The molecule has 1 amide bonds. The Morgan fingerprint density at radius 2 is 2.31 bits per heavy atom. The number of rotatable bonds is 4. The lowest BCUT2D eigenvalue weighted by molar-refractivity contribution is -0.124. The van der Waals surface area contributed by atoms with Gasteiger partial charge in [0, 0.05) is 25.6 Å². The Bertz CT molecular complexity index is 232. The summed E-state index contributed by atoms with van der Waals surface area (Å²) in [7, 11) is 3.83. The molecule has 0 spiro atoms. The Morgan fingerprint density at radius 1 is 1.62 bits per heavy atom. The van der Waals surface area contributed by atoms with Crippen LogP contribution in [-0.4, -0.2) is 50.6 Å². The van der Waals surface area contributed by atoms with E-state index in [1.165, 1.54) is 6.42 Å². The largest absolute Gasteiger partial charge is 0.359 e. The Balaban J connectivity index is 2.44. The number of hydrogen-bond donors (Lipinski definition) is 2. The molecular formula is C12H25N3O. The van der Waals surface area contributed by atoms with Gasteiger partial charge in [-0.3, -0.25) is 4.79 Å². The Morgan fingerprint density at radius 3 is 2.88 bits per heavy atom. The summed E-state index contributed by atoms with van der Waals surface area (Å²) < 4.78 is 0. The van der Waals surface area contributed by atoms with Crippen LogP contribution in [-0.2, 0) is 4.79 Å². The summed E-state index contributed by atoms with van der Waals surface area (Å²) in [4.78, 5) is 13.8. The minimum atomic E-state index is 0.0667. The third kappa shape index (κ3) is 3.46. The van der Waals surface area contributed by atoms with E-state index in [4.69, 9.17) is 0 Å². The van der Waals surface area contributed by atoms with Crippen molar-refractivity contribution >= 4 is 5.91 Å². The highest BCUT2D eigenvalue weighted by molar-refractivity contribution is 5.78. The van der Waals surface area contributed by atoms with Crippen LogP contribution in [0.2, 0.25) is 0 Å². The lowest BCUT2D eigenvalue weighted by atomic mass is 9.93. The first-order chi connectivity index (χ1) is 7.56. The topological polar surface area (TPSA) is 44.4 Å². The second kappa shape index (κ2) is 6.21. The van der Waals surface area contributed by atoms with E-state index in [1.807, 2.05) is 6.92 Å². The van der Waals surface area contributed by atoms with E-state index in [1.54, 1.807) is 7.05 Å². The van der Waals surface area contributed by atoms with Crippen LogP contribution < -0.4 is 10.6 Å². The van der Waals surface area contributed by atoms with Crippen molar-refractivity contribution < 1.29 is 4.79 Å². The SMILES string of the molecule is CNC(=O)C(C)CN(C)C1CCNCC1C. The third-order valence-corrected chi connectivity index (χ3v) is 3.56. The van der Waals surface area contributed by atoms with E-state index < -0.39 is 0 Å². The minimum Gasteiger partial charge on any atom is -0.359 e. The summed E-state index contributed by atoms with van der Waals surface area (Å²) in [6.07, 6.45) is 1.18. The highest BCUT2D eigenvalue weighted by atomic mass is 16.1. The van der Waals surface area contributed by atoms with Crippen molar-refractivity contribution in [3.8, 4) is 0 Å². The second-order valence-corrected chi connectivity index (χ2v) is 4.99. The summed E-state index contributed by atoms with van der Waals surface area (Å²) in [6, 6.07) is 0.605. The maximum absolute atomic E-state index is 11.5. The molecule has 16 heavy (non-hydrogen) atoms. The molecule has 1 rings (SSSR count). The molecule has 94 valence electrons. The molecule has 0 aromatic rings. The molecule has 2 N–H and O–H groups in total. The van der Waals surface area contributed by atoms with Gasteiger partial charge in [0.25, 0.3) is 0 Å². The predicted molar refractivity (Wildman–Crippen MR) is 66.3 cm³/mol. The lowest BCUT2D eigenvalue weighted by Crippen LogP contribution is -2.49. The van der Waals surface area contributed by atoms with Crippen LogP contribution in [0.4, 0.5) is 0 Å². The monoisotopic (exact) mass is 227 g/mol. The fourth-order valence-electron chi connectivity index (χ4n) is 2.55. The van der Waals surface area contributed by atoms with Gasteiger partial charge in [-0.15, -0.1) is 0 Å². The van der Waals surface area contributed by atoms with Crippen LogP contribution in [0.1, 0.15) is 20.3 Å². The Labute approximate surface area is 98.8 Å². The number of amides is 1. The molecule has 1 fully saturated rings. The number of hydrogen-bond acceptors (Lipinski definition) is 3. The fraction of sp³-hybridized carbons (Fsp3) is 0.917. The van der Waals surface area contributed by atoms with E-state index in [0.29, 0.717) is 12.0 Å². The van der Waals surface area contributed by atoms with Crippen molar-refractivity contribution in [3.63, 3.8) is 0 Å². The standard InChI is InChI=1S/C12H25N3O/c1-9-7-14-6-5-11(9)15(4)8-10(2)12(16)13-3/h9-11,14H,5-8H2,1-4H3,(H,13,16). The summed E-state index contributed by atoms with van der Waals surface area (Å²) >= 11 is 0. The molecule has 0 aliphatic carbocycles. The van der Waals surface area contributed by atoms with Gasteiger partial charge in [0.2, 0.25) is 5.91 Å². The quantitative estimate of drug-likeness (QED) is 0.726. The maximum atomic E-state index is 11.5. The molecule has 0 aromatic carbocycles. The van der Waals surface area contributed by atoms with Crippen molar-refractivity contribution in [2.45, 2.75) is 26.3 Å². The molecule has 0 radical (unpaired) electrons. The molecule has 3 unspecified atom stereocenters.